The number of hydrogen-bond donors (Lipinski definition) is 0. The van der Waals surface area contributed by atoms with Crippen LogP contribution in [0.4, 0.5) is 8.78 Å². The summed E-state index contributed by atoms with van der Waals surface area (Å²) >= 11 is 1.23. The Morgan fingerprint density at radius 3 is 2.72 bits per heavy atom. The molecule has 1 atom stereocenters. The third kappa shape index (κ3) is 4.22. The molecular formula is C22H21F2N3O3S2. The highest BCUT2D eigenvalue weighted by Gasteiger charge is 2.35. The molecule has 0 N–H and O–H groups in total. The van der Waals surface area contributed by atoms with Crippen LogP contribution in [0, 0.1) is 11.6 Å². The van der Waals surface area contributed by atoms with Gasteiger partial charge >= 0.3 is 0 Å². The number of likely N-dealkylation sites (N-methyl/N-ethyl adjacent to an activating group) is 1. The van der Waals surface area contributed by atoms with Gasteiger partial charge in [-0.2, -0.15) is 4.31 Å². The first kappa shape index (κ1) is 22.6. The number of sulfonamides is 1. The van der Waals surface area contributed by atoms with Crippen LogP contribution in [-0.4, -0.2) is 53.9 Å². The summed E-state index contributed by atoms with van der Waals surface area (Å²) in [4.78, 5) is 18.2. The second kappa shape index (κ2) is 9.13. The normalized spacial score (nSPS) is 16.9. The maximum atomic E-state index is 14.3. The number of amides is 1. The van der Waals surface area contributed by atoms with E-state index in [1.54, 1.807) is 37.4 Å². The number of pyridine rings is 1. The van der Waals surface area contributed by atoms with E-state index in [2.05, 4.69) is 4.98 Å². The van der Waals surface area contributed by atoms with Gasteiger partial charge in [0, 0.05) is 42.8 Å². The molecule has 168 valence electrons. The average molecular weight is 478 g/mol. The maximum absolute atomic E-state index is 14.3. The molecule has 6 nitrogen and oxygen atoms in total. The second-order valence-electron chi connectivity index (χ2n) is 7.24. The predicted octanol–water partition coefficient (Wildman–Crippen LogP) is 3.80. The number of benzene rings is 2. The summed E-state index contributed by atoms with van der Waals surface area (Å²) in [7, 11) is -3.88. The third-order valence-corrected chi connectivity index (χ3v) is 8.60. The molecule has 32 heavy (non-hydrogen) atoms. The first-order valence-corrected chi connectivity index (χ1v) is 12.5. The Balaban J connectivity index is 1.58. The number of thioether (sulfide) groups is 1. The monoisotopic (exact) mass is 477 g/mol. The summed E-state index contributed by atoms with van der Waals surface area (Å²) in [6.07, 6.45) is 1.54. The van der Waals surface area contributed by atoms with Crippen LogP contribution >= 0.6 is 11.8 Å². The lowest BCUT2D eigenvalue weighted by molar-refractivity contribution is -0.128. The number of hydrogen-bond acceptors (Lipinski definition) is 5. The summed E-state index contributed by atoms with van der Waals surface area (Å²) in [6, 6.07) is 11.8. The van der Waals surface area contributed by atoms with Crippen molar-refractivity contribution in [2.24, 2.45) is 0 Å². The number of aromatic nitrogens is 1. The fourth-order valence-corrected chi connectivity index (χ4v) is 6.59. The fourth-order valence-electron chi connectivity index (χ4n) is 3.75. The van der Waals surface area contributed by atoms with Crippen molar-refractivity contribution in [2.45, 2.75) is 17.2 Å². The zero-order chi connectivity index (χ0) is 22.9. The molecule has 4 rings (SSSR count). The van der Waals surface area contributed by atoms with Crippen molar-refractivity contribution in [3.05, 3.63) is 71.9 Å². The number of nitrogens with zero attached hydrogens (tertiary/aromatic N) is 3. The smallest absolute Gasteiger partial charge is 0.245 e. The first-order valence-electron chi connectivity index (χ1n) is 10.0. The minimum absolute atomic E-state index is 0.0354. The molecule has 2 aromatic carbocycles. The van der Waals surface area contributed by atoms with Gasteiger partial charge in [0.25, 0.3) is 0 Å². The Bertz CT molecular complexity index is 1270. The highest BCUT2D eigenvalue weighted by atomic mass is 32.2. The fraction of sp³-hybridized carbons (Fsp3) is 0.273. The van der Waals surface area contributed by atoms with Crippen molar-refractivity contribution < 1.29 is 22.0 Å². The standard InChI is InChI=1S/C22H21F2N3O3S2/c1-2-26(32(29,30)19-7-3-5-15-6-4-10-25-21(15)19)11-12-27-20(28)14-31-22(27)17-9-8-16(23)13-18(17)24/h3-10,13,22H,2,11-12,14H2,1H3. The van der Waals surface area contributed by atoms with E-state index < -0.39 is 27.0 Å². The topological polar surface area (TPSA) is 70.6 Å². The minimum atomic E-state index is -3.88. The maximum Gasteiger partial charge on any atom is 0.245 e. The largest absolute Gasteiger partial charge is 0.324 e. The molecular weight excluding hydrogens is 456 g/mol. The molecule has 1 aromatic heterocycles. The van der Waals surface area contributed by atoms with Crippen LogP contribution in [0.25, 0.3) is 10.9 Å². The number of carbonyl (C=O) groups excluding carboxylic acids is 1. The quantitative estimate of drug-likeness (QED) is 0.518. The lowest BCUT2D eigenvalue weighted by atomic mass is 10.2. The van der Waals surface area contributed by atoms with Crippen LogP contribution in [0.3, 0.4) is 0 Å². The number of halogens is 2. The Morgan fingerprint density at radius 2 is 1.97 bits per heavy atom. The van der Waals surface area contributed by atoms with Gasteiger partial charge in [0.05, 0.1) is 11.3 Å². The second-order valence-corrected chi connectivity index (χ2v) is 10.2. The van der Waals surface area contributed by atoms with Gasteiger partial charge < -0.3 is 4.90 Å². The van der Waals surface area contributed by atoms with E-state index in [0.717, 1.165) is 12.1 Å². The first-order chi connectivity index (χ1) is 15.3. The SMILES string of the molecule is CCN(CCN1C(=O)CSC1c1ccc(F)cc1F)S(=O)(=O)c1cccc2cccnc12. The molecule has 1 fully saturated rings. The number of fused-ring (bicyclic) bond motifs is 1. The lowest BCUT2D eigenvalue weighted by Gasteiger charge is -2.28. The van der Waals surface area contributed by atoms with Gasteiger partial charge in [0.2, 0.25) is 15.9 Å². The molecule has 0 bridgehead atoms. The van der Waals surface area contributed by atoms with Crippen molar-refractivity contribution in [3.63, 3.8) is 0 Å². The summed E-state index contributed by atoms with van der Waals surface area (Å²) in [5.41, 5.74) is 0.582. The van der Waals surface area contributed by atoms with Gasteiger partial charge in [0.1, 0.15) is 21.9 Å². The van der Waals surface area contributed by atoms with Crippen LogP contribution in [-0.2, 0) is 14.8 Å². The van der Waals surface area contributed by atoms with Crippen molar-refractivity contribution in [1.29, 1.82) is 0 Å². The number of rotatable bonds is 7. The molecule has 0 saturated carbocycles. The van der Waals surface area contributed by atoms with Crippen molar-refractivity contribution in [1.82, 2.24) is 14.2 Å². The molecule has 3 aromatic rings. The number of para-hydroxylation sites is 1. The minimum Gasteiger partial charge on any atom is -0.324 e. The molecule has 1 unspecified atom stereocenters. The zero-order valence-electron chi connectivity index (χ0n) is 17.2. The molecule has 1 aliphatic rings. The third-order valence-electron chi connectivity index (χ3n) is 5.35. The highest BCUT2D eigenvalue weighted by molar-refractivity contribution is 8.00. The molecule has 0 aliphatic carbocycles. The Labute approximate surface area is 189 Å². The Hall–Kier alpha value is -2.56. The van der Waals surface area contributed by atoms with Crippen LogP contribution < -0.4 is 0 Å². The van der Waals surface area contributed by atoms with E-state index in [9.17, 15) is 22.0 Å². The van der Waals surface area contributed by atoms with Crippen molar-refractivity contribution in [2.75, 3.05) is 25.4 Å². The molecule has 1 amide bonds. The van der Waals surface area contributed by atoms with E-state index in [1.165, 1.54) is 33.1 Å². The van der Waals surface area contributed by atoms with Gasteiger partial charge in [-0.1, -0.05) is 31.2 Å². The van der Waals surface area contributed by atoms with Crippen LogP contribution in [0.1, 0.15) is 17.9 Å². The van der Waals surface area contributed by atoms with Crippen LogP contribution in [0.15, 0.2) is 59.6 Å². The van der Waals surface area contributed by atoms with Gasteiger partial charge in [0.15, 0.2) is 0 Å². The van der Waals surface area contributed by atoms with Crippen LogP contribution in [0.2, 0.25) is 0 Å². The zero-order valence-corrected chi connectivity index (χ0v) is 18.9. The van der Waals surface area contributed by atoms with E-state index in [1.807, 2.05) is 0 Å². The lowest BCUT2D eigenvalue weighted by Crippen LogP contribution is -2.40. The molecule has 2 heterocycles. The molecule has 10 heteroatoms. The summed E-state index contributed by atoms with van der Waals surface area (Å²) in [5.74, 6) is -1.50. The van der Waals surface area contributed by atoms with E-state index in [4.69, 9.17) is 0 Å². The molecule has 1 saturated heterocycles. The van der Waals surface area contributed by atoms with Crippen molar-refractivity contribution in [3.8, 4) is 0 Å². The van der Waals surface area contributed by atoms with Gasteiger partial charge in [-0.15, -0.1) is 11.8 Å². The molecule has 0 spiro atoms. The van der Waals surface area contributed by atoms with Crippen molar-refractivity contribution >= 4 is 38.6 Å². The molecule has 1 aliphatic heterocycles. The van der Waals surface area contributed by atoms with Gasteiger partial charge in [-0.3, -0.25) is 9.78 Å². The average Bonchev–Trinajstić information content (AvgIpc) is 3.13. The van der Waals surface area contributed by atoms with E-state index in [-0.39, 0.29) is 41.8 Å². The Morgan fingerprint density at radius 1 is 1.19 bits per heavy atom. The summed E-state index contributed by atoms with van der Waals surface area (Å²) < 4.78 is 55.7. The molecule has 0 radical (unpaired) electrons. The van der Waals surface area contributed by atoms with Gasteiger partial charge in [-0.05, 0) is 18.2 Å². The summed E-state index contributed by atoms with van der Waals surface area (Å²) in [6.45, 7) is 2.02. The summed E-state index contributed by atoms with van der Waals surface area (Å²) in [5, 5.41) is 0.0753. The van der Waals surface area contributed by atoms with Gasteiger partial charge in [-0.25, -0.2) is 17.2 Å². The number of carbonyl (C=O) groups is 1. The van der Waals surface area contributed by atoms with E-state index in [0.29, 0.717) is 10.9 Å². The predicted molar refractivity (Wildman–Crippen MR) is 119 cm³/mol. The van der Waals surface area contributed by atoms with E-state index >= 15 is 0 Å². The van der Waals surface area contributed by atoms with Crippen LogP contribution in [0.5, 0.6) is 0 Å². The highest BCUT2D eigenvalue weighted by Crippen LogP contribution is 2.39. The Kier molecular flexibility index (Phi) is 6.45.